The van der Waals surface area contributed by atoms with Gasteiger partial charge in [0.1, 0.15) is 17.2 Å². The molecule has 1 atom stereocenters. The van der Waals surface area contributed by atoms with Crippen LogP contribution in [-0.2, 0) is 6.42 Å². The normalized spacial score (nSPS) is 16.3. The fourth-order valence-corrected chi connectivity index (χ4v) is 3.89. The highest BCUT2D eigenvalue weighted by atomic mass is 19.1. The van der Waals surface area contributed by atoms with Gasteiger partial charge >= 0.3 is 0 Å². The van der Waals surface area contributed by atoms with E-state index in [1.54, 1.807) is 36.8 Å². The Morgan fingerprint density at radius 2 is 2.09 bits per heavy atom. The number of rotatable bonds is 5. The number of nitrogens with one attached hydrogen (secondary N) is 1. The molecule has 1 aliphatic heterocycles. The monoisotopic (exact) mass is 433 g/mol. The smallest absolute Gasteiger partial charge is 0.271 e. The van der Waals surface area contributed by atoms with Gasteiger partial charge in [-0.2, -0.15) is 10.1 Å². The topological polar surface area (TPSA) is 114 Å². The first-order chi connectivity index (χ1) is 15.7. The molecule has 9 nitrogen and oxygen atoms in total. The molecule has 10 heteroatoms. The molecule has 1 amide bonds. The van der Waals surface area contributed by atoms with Crippen molar-refractivity contribution in [3.05, 3.63) is 66.3 Å². The summed E-state index contributed by atoms with van der Waals surface area (Å²) < 4.78 is 18.5. The van der Waals surface area contributed by atoms with Crippen molar-refractivity contribution in [3.8, 4) is 22.8 Å². The Labute approximate surface area is 182 Å². The Morgan fingerprint density at radius 3 is 2.91 bits per heavy atom. The number of carbonyl (C=O) groups is 1. The molecule has 1 aliphatic rings. The number of hydrogen-bond acceptors (Lipinski definition) is 7. The lowest BCUT2D eigenvalue weighted by molar-refractivity contribution is 0.0662. The Balaban J connectivity index is 1.24. The van der Waals surface area contributed by atoms with Gasteiger partial charge in [0.2, 0.25) is 11.7 Å². The number of nitrogens with zero attached hydrogens (tertiary/aromatic N) is 6. The highest BCUT2D eigenvalue weighted by Crippen LogP contribution is 2.24. The molecule has 1 fully saturated rings. The number of amides is 1. The molecule has 5 rings (SSSR count). The van der Waals surface area contributed by atoms with Crippen molar-refractivity contribution in [1.29, 1.82) is 0 Å². The quantitative estimate of drug-likeness (QED) is 0.514. The van der Waals surface area contributed by atoms with Crippen molar-refractivity contribution in [2.24, 2.45) is 5.92 Å². The highest BCUT2D eigenvalue weighted by Gasteiger charge is 2.27. The van der Waals surface area contributed by atoms with E-state index < -0.39 is 0 Å². The standard InChI is InChI=1S/C22H20FN7O2/c23-16-5-3-15(4-6-16)17-11-18(28-27-17)22(31)30-9-1-2-14(13-30)10-20-26-21(29-32-20)19-12-24-7-8-25-19/h3-8,11-12,14H,1-2,9-10,13H2,(H,27,28). The van der Waals surface area contributed by atoms with Gasteiger partial charge < -0.3 is 9.42 Å². The van der Waals surface area contributed by atoms with E-state index in [4.69, 9.17) is 4.52 Å². The van der Waals surface area contributed by atoms with E-state index in [9.17, 15) is 9.18 Å². The van der Waals surface area contributed by atoms with Crippen molar-refractivity contribution in [2.45, 2.75) is 19.3 Å². The van der Waals surface area contributed by atoms with E-state index in [1.165, 1.54) is 12.1 Å². The highest BCUT2D eigenvalue weighted by molar-refractivity contribution is 5.93. The third-order valence-corrected chi connectivity index (χ3v) is 5.48. The van der Waals surface area contributed by atoms with Gasteiger partial charge in [-0.3, -0.25) is 14.9 Å². The van der Waals surface area contributed by atoms with Crippen LogP contribution in [-0.4, -0.2) is 54.2 Å². The third-order valence-electron chi connectivity index (χ3n) is 5.48. The number of piperidine rings is 1. The predicted molar refractivity (Wildman–Crippen MR) is 112 cm³/mol. The number of benzene rings is 1. The van der Waals surface area contributed by atoms with Gasteiger partial charge in [-0.25, -0.2) is 9.37 Å². The van der Waals surface area contributed by atoms with Crippen LogP contribution in [0.15, 0.2) is 53.4 Å². The second kappa shape index (κ2) is 8.66. The third kappa shape index (κ3) is 4.25. The lowest BCUT2D eigenvalue weighted by Crippen LogP contribution is -2.40. The molecule has 1 N–H and O–H groups in total. The number of halogens is 1. The van der Waals surface area contributed by atoms with E-state index in [2.05, 4.69) is 30.3 Å². The molecule has 4 aromatic rings. The van der Waals surface area contributed by atoms with E-state index in [-0.39, 0.29) is 17.6 Å². The SMILES string of the molecule is O=C(c1cc(-c2ccc(F)cc2)n[nH]1)N1CCCC(Cc2nc(-c3cnccn3)no2)C1. The van der Waals surface area contributed by atoms with Crippen molar-refractivity contribution in [3.63, 3.8) is 0 Å². The number of H-pyrrole nitrogens is 1. The molecule has 1 unspecified atom stereocenters. The van der Waals surface area contributed by atoms with Crippen molar-refractivity contribution in [1.82, 2.24) is 35.2 Å². The van der Waals surface area contributed by atoms with Gasteiger partial charge in [0, 0.05) is 37.5 Å². The molecule has 3 aromatic heterocycles. The zero-order valence-corrected chi connectivity index (χ0v) is 17.1. The zero-order chi connectivity index (χ0) is 21.9. The molecule has 1 saturated heterocycles. The van der Waals surface area contributed by atoms with Crippen LogP contribution in [0.2, 0.25) is 0 Å². The summed E-state index contributed by atoms with van der Waals surface area (Å²) in [5, 5.41) is 11.0. The average molecular weight is 433 g/mol. The van der Waals surface area contributed by atoms with E-state index in [0.717, 1.165) is 18.4 Å². The van der Waals surface area contributed by atoms with Crippen molar-refractivity contribution < 1.29 is 13.7 Å². The summed E-state index contributed by atoms with van der Waals surface area (Å²) in [4.78, 5) is 27.4. The number of hydrogen-bond donors (Lipinski definition) is 1. The number of aromatic amines is 1. The van der Waals surface area contributed by atoms with Crippen LogP contribution in [0.4, 0.5) is 4.39 Å². The molecule has 4 heterocycles. The van der Waals surface area contributed by atoms with Crippen molar-refractivity contribution >= 4 is 5.91 Å². The summed E-state index contributed by atoms with van der Waals surface area (Å²) in [5.74, 6) is 0.710. The molecule has 162 valence electrons. The minimum absolute atomic E-state index is 0.110. The minimum atomic E-state index is -0.315. The van der Waals surface area contributed by atoms with Gasteiger partial charge in [-0.1, -0.05) is 5.16 Å². The Bertz CT molecular complexity index is 1210. The molecule has 0 radical (unpaired) electrons. The first kappa shape index (κ1) is 20.0. The largest absolute Gasteiger partial charge is 0.339 e. The fourth-order valence-electron chi connectivity index (χ4n) is 3.89. The summed E-state index contributed by atoms with van der Waals surface area (Å²) in [6.07, 6.45) is 7.19. The van der Waals surface area contributed by atoms with Crippen LogP contribution in [0.25, 0.3) is 22.8 Å². The van der Waals surface area contributed by atoms with Crippen molar-refractivity contribution in [2.75, 3.05) is 13.1 Å². The maximum absolute atomic E-state index is 13.1. The lowest BCUT2D eigenvalue weighted by Gasteiger charge is -2.31. The van der Waals surface area contributed by atoms with Gasteiger partial charge in [-0.15, -0.1) is 0 Å². The number of likely N-dealkylation sites (tertiary alicyclic amines) is 1. The Kier molecular flexibility index (Phi) is 5.40. The van der Waals surface area contributed by atoms with E-state index >= 15 is 0 Å². The molecular weight excluding hydrogens is 413 g/mol. The lowest BCUT2D eigenvalue weighted by atomic mass is 9.94. The number of carbonyl (C=O) groups excluding carboxylic acids is 1. The summed E-state index contributed by atoms with van der Waals surface area (Å²) in [5.41, 5.74) is 2.31. The van der Waals surface area contributed by atoms with Crippen LogP contribution in [0, 0.1) is 11.7 Å². The van der Waals surface area contributed by atoms with Crippen LogP contribution >= 0.6 is 0 Å². The molecular formula is C22H20FN7O2. The number of aromatic nitrogens is 6. The van der Waals surface area contributed by atoms with Crippen LogP contribution < -0.4 is 0 Å². The first-order valence-electron chi connectivity index (χ1n) is 10.4. The molecule has 32 heavy (non-hydrogen) atoms. The maximum atomic E-state index is 13.1. The second-order valence-electron chi connectivity index (χ2n) is 7.74. The van der Waals surface area contributed by atoms with Crippen LogP contribution in [0.1, 0.15) is 29.2 Å². The van der Waals surface area contributed by atoms with Crippen LogP contribution in [0.5, 0.6) is 0 Å². The van der Waals surface area contributed by atoms with E-state index in [0.29, 0.717) is 48.3 Å². The maximum Gasteiger partial charge on any atom is 0.271 e. The van der Waals surface area contributed by atoms with E-state index in [1.807, 2.05) is 4.90 Å². The summed E-state index contributed by atoms with van der Waals surface area (Å²) >= 11 is 0. The average Bonchev–Trinajstić information content (AvgIpc) is 3.50. The molecule has 1 aromatic carbocycles. The fraction of sp³-hybridized carbons (Fsp3) is 0.273. The predicted octanol–water partition coefficient (Wildman–Crippen LogP) is 3.15. The van der Waals surface area contributed by atoms with Gasteiger partial charge in [0.05, 0.1) is 11.9 Å². The van der Waals surface area contributed by atoms with Gasteiger partial charge in [-0.05, 0) is 49.1 Å². The van der Waals surface area contributed by atoms with Gasteiger partial charge in [0.25, 0.3) is 5.91 Å². The minimum Gasteiger partial charge on any atom is -0.339 e. The molecule has 0 spiro atoms. The summed E-state index contributed by atoms with van der Waals surface area (Å²) in [6.45, 7) is 1.27. The zero-order valence-electron chi connectivity index (χ0n) is 17.1. The first-order valence-corrected chi connectivity index (χ1v) is 10.4. The summed E-state index contributed by atoms with van der Waals surface area (Å²) in [7, 11) is 0. The molecule has 0 aliphatic carbocycles. The molecule has 0 saturated carbocycles. The Morgan fingerprint density at radius 1 is 1.22 bits per heavy atom. The molecule has 0 bridgehead atoms. The van der Waals surface area contributed by atoms with Crippen LogP contribution in [0.3, 0.4) is 0 Å². The second-order valence-corrected chi connectivity index (χ2v) is 7.74. The van der Waals surface area contributed by atoms with Gasteiger partial charge in [0.15, 0.2) is 0 Å². The Hall–Kier alpha value is -3.95. The summed E-state index contributed by atoms with van der Waals surface area (Å²) in [6, 6.07) is 7.71.